The van der Waals surface area contributed by atoms with Gasteiger partial charge < -0.3 is 10.1 Å². The first-order valence-electron chi connectivity index (χ1n) is 5.78. The largest absolute Gasteiger partial charge is 0.485 e. The molecule has 2 rings (SSSR count). The summed E-state index contributed by atoms with van der Waals surface area (Å²) in [6.45, 7) is -0.102. The van der Waals surface area contributed by atoms with Gasteiger partial charge in [0.1, 0.15) is 5.75 Å². The van der Waals surface area contributed by atoms with Crippen molar-refractivity contribution in [1.82, 2.24) is 0 Å². The minimum Gasteiger partial charge on any atom is -0.485 e. The van der Waals surface area contributed by atoms with E-state index in [0.29, 0.717) is 5.75 Å². The maximum atomic E-state index is 10.5. The zero-order valence-electron chi connectivity index (χ0n) is 10.4. The van der Waals surface area contributed by atoms with Gasteiger partial charge in [0.2, 0.25) is 6.29 Å². The van der Waals surface area contributed by atoms with E-state index in [1.807, 2.05) is 0 Å². The highest BCUT2D eigenvalue weighted by Gasteiger charge is 2.04. The number of ether oxygens (including phenoxy) is 1. The Morgan fingerprint density at radius 2 is 1.60 bits per heavy atom. The van der Waals surface area contributed by atoms with Crippen LogP contribution in [0.2, 0.25) is 0 Å². The molecule has 6 heteroatoms. The molecule has 0 atom stereocenters. The van der Waals surface area contributed by atoms with Gasteiger partial charge in [0.15, 0.2) is 6.61 Å². The van der Waals surface area contributed by atoms with Crippen LogP contribution in [0, 0.1) is 10.1 Å². The summed E-state index contributed by atoms with van der Waals surface area (Å²) in [4.78, 5) is 20.1. The number of non-ortho nitro benzene ring substituents is 1. The lowest BCUT2D eigenvalue weighted by atomic mass is 10.2. The number of hydrogen-bond acceptors (Lipinski definition) is 5. The van der Waals surface area contributed by atoms with Crippen LogP contribution in [0.25, 0.3) is 0 Å². The second kappa shape index (κ2) is 6.33. The molecular weight excluding hydrogens is 260 g/mol. The molecule has 0 saturated carbocycles. The number of hydrogen-bond donors (Lipinski definition) is 1. The fourth-order valence-electron chi connectivity index (χ4n) is 1.58. The Hall–Kier alpha value is -2.89. The van der Waals surface area contributed by atoms with Crippen LogP contribution in [0.1, 0.15) is 0 Å². The van der Waals surface area contributed by atoms with E-state index in [9.17, 15) is 14.9 Å². The smallest absolute Gasteiger partial charge is 0.269 e. The highest BCUT2D eigenvalue weighted by atomic mass is 16.6. The molecule has 0 aliphatic heterocycles. The Morgan fingerprint density at radius 3 is 2.10 bits per heavy atom. The molecule has 2 aromatic carbocycles. The maximum Gasteiger partial charge on any atom is 0.269 e. The number of nitrogens with zero attached hydrogens (tertiary/aromatic N) is 1. The zero-order chi connectivity index (χ0) is 14.4. The molecule has 0 fully saturated rings. The summed E-state index contributed by atoms with van der Waals surface area (Å²) in [5.41, 5.74) is 1.59. The highest BCUT2D eigenvalue weighted by Crippen LogP contribution is 2.22. The normalized spacial score (nSPS) is 9.80. The molecule has 0 unspecified atom stereocenters. The van der Waals surface area contributed by atoms with Crippen molar-refractivity contribution in [2.24, 2.45) is 0 Å². The second-order valence-corrected chi connectivity index (χ2v) is 3.89. The third-order valence-corrected chi connectivity index (χ3v) is 2.52. The van der Waals surface area contributed by atoms with E-state index in [1.54, 1.807) is 42.7 Å². The molecule has 2 aromatic rings. The molecule has 0 saturated heterocycles. The molecular formula is C14H11N2O4. The van der Waals surface area contributed by atoms with E-state index in [-0.39, 0.29) is 12.3 Å². The molecule has 6 nitrogen and oxygen atoms in total. The van der Waals surface area contributed by atoms with Crippen molar-refractivity contribution in [2.75, 3.05) is 11.9 Å². The van der Waals surface area contributed by atoms with Crippen molar-refractivity contribution in [3.8, 4) is 5.75 Å². The first kappa shape index (κ1) is 13.5. The van der Waals surface area contributed by atoms with Gasteiger partial charge in [-0.1, -0.05) is 0 Å². The topological polar surface area (TPSA) is 81.5 Å². The second-order valence-electron chi connectivity index (χ2n) is 3.89. The fourth-order valence-corrected chi connectivity index (χ4v) is 1.58. The monoisotopic (exact) mass is 271 g/mol. The summed E-state index contributed by atoms with van der Waals surface area (Å²) in [5, 5.41) is 13.6. The van der Waals surface area contributed by atoms with Crippen molar-refractivity contribution in [2.45, 2.75) is 0 Å². The van der Waals surface area contributed by atoms with Crippen LogP contribution in [0.5, 0.6) is 5.75 Å². The Kier molecular flexibility index (Phi) is 4.28. The van der Waals surface area contributed by atoms with E-state index in [1.165, 1.54) is 12.1 Å². The average Bonchev–Trinajstić information content (AvgIpc) is 2.47. The van der Waals surface area contributed by atoms with Crippen molar-refractivity contribution < 1.29 is 14.5 Å². The number of nitrogens with one attached hydrogen (secondary N) is 1. The summed E-state index contributed by atoms with van der Waals surface area (Å²) in [7, 11) is 0. The van der Waals surface area contributed by atoms with Gasteiger partial charge in [-0.05, 0) is 36.4 Å². The number of carbonyl (C=O) groups excluding carboxylic acids is 1. The molecule has 0 aromatic heterocycles. The standard InChI is InChI=1S/C14H11N2O4/c17-9-10-20-14-7-3-12(4-8-14)15-11-1-5-13(6-2-11)16(18)19/h1-8,15H,10H2. The average molecular weight is 271 g/mol. The van der Waals surface area contributed by atoms with Crippen LogP contribution in [-0.4, -0.2) is 17.8 Å². The minimum absolute atomic E-state index is 0.0458. The molecule has 0 spiro atoms. The first-order valence-corrected chi connectivity index (χ1v) is 5.78. The van der Waals surface area contributed by atoms with Crippen molar-refractivity contribution >= 4 is 23.3 Å². The zero-order valence-corrected chi connectivity index (χ0v) is 10.4. The molecule has 0 heterocycles. The van der Waals surface area contributed by atoms with Gasteiger partial charge in [0, 0.05) is 23.5 Å². The van der Waals surface area contributed by atoms with Gasteiger partial charge in [-0.15, -0.1) is 0 Å². The predicted octanol–water partition coefficient (Wildman–Crippen LogP) is 2.83. The molecule has 20 heavy (non-hydrogen) atoms. The number of rotatable bonds is 6. The molecule has 0 amide bonds. The molecule has 0 bridgehead atoms. The predicted molar refractivity (Wildman–Crippen MR) is 74.0 cm³/mol. The van der Waals surface area contributed by atoms with Gasteiger partial charge in [-0.2, -0.15) is 0 Å². The van der Waals surface area contributed by atoms with E-state index in [0.717, 1.165) is 11.4 Å². The van der Waals surface area contributed by atoms with Crippen LogP contribution in [-0.2, 0) is 4.79 Å². The quantitative estimate of drug-likeness (QED) is 0.645. The number of benzene rings is 2. The summed E-state index contributed by atoms with van der Waals surface area (Å²) >= 11 is 0. The molecule has 0 aliphatic rings. The first-order chi connectivity index (χ1) is 9.69. The van der Waals surface area contributed by atoms with Crippen molar-refractivity contribution in [1.29, 1.82) is 0 Å². The van der Waals surface area contributed by atoms with Crippen LogP contribution in [0.3, 0.4) is 0 Å². The van der Waals surface area contributed by atoms with Gasteiger partial charge in [-0.3, -0.25) is 14.9 Å². The SMILES string of the molecule is O=[C]COc1ccc(Nc2ccc([N+](=O)[O-])cc2)cc1. The third-order valence-electron chi connectivity index (χ3n) is 2.52. The summed E-state index contributed by atoms with van der Waals surface area (Å²) in [5.74, 6) is 0.572. The van der Waals surface area contributed by atoms with Gasteiger partial charge in [0.05, 0.1) is 4.92 Å². The van der Waals surface area contributed by atoms with Crippen LogP contribution < -0.4 is 10.1 Å². The van der Waals surface area contributed by atoms with Crippen LogP contribution >= 0.6 is 0 Å². The molecule has 1 radical (unpaired) electrons. The van der Waals surface area contributed by atoms with Gasteiger partial charge >= 0.3 is 0 Å². The third kappa shape index (κ3) is 3.55. The molecule has 0 aliphatic carbocycles. The Labute approximate surface area is 115 Å². The van der Waals surface area contributed by atoms with Crippen LogP contribution in [0.4, 0.5) is 17.1 Å². The lowest BCUT2D eigenvalue weighted by molar-refractivity contribution is -0.384. The summed E-state index contributed by atoms with van der Waals surface area (Å²) < 4.78 is 5.08. The van der Waals surface area contributed by atoms with E-state index in [2.05, 4.69) is 5.32 Å². The summed E-state index contributed by atoms with van der Waals surface area (Å²) in [6, 6.07) is 13.1. The molecule has 101 valence electrons. The van der Waals surface area contributed by atoms with Gasteiger partial charge in [0.25, 0.3) is 5.69 Å². The Morgan fingerprint density at radius 1 is 1.05 bits per heavy atom. The van der Waals surface area contributed by atoms with Gasteiger partial charge in [-0.25, -0.2) is 0 Å². The molecule has 1 N–H and O–H groups in total. The lowest BCUT2D eigenvalue weighted by Gasteiger charge is -2.07. The minimum atomic E-state index is -0.444. The van der Waals surface area contributed by atoms with E-state index >= 15 is 0 Å². The number of nitro benzene ring substituents is 1. The van der Waals surface area contributed by atoms with Crippen molar-refractivity contribution in [3.05, 3.63) is 58.6 Å². The van der Waals surface area contributed by atoms with E-state index < -0.39 is 4.92 Å². The highest BCUT2D eigenvalue weighted by molar-refractivity contribution is 5.61. The Balaban J connectivity index is 2.02. The lowest BCUT2D eigenvalue weighted by Crippen LogP contribution is -1.97. The van der Waals surface area contributed by atoms with E-state index in [4.69, 9.17) is 4.74 Å². The fraction of sp³-hybridized carbons (Fsp3) is 0.0714. The number of anilines is 2. The maximum absolute atomic E-state index is 10.5. The van der Waals surface area contributed by atoms with Crippen LogP contribution in [0.15, 0.2) is 48.5 Å². The summed E-state index contributed by atoms with van der Waals surface area (Å²) in [6.07, 6.45) is 1.64. The van der Waals surface area contributed by atoms with Crippen molar-refractivity contribution in [3.63, 3.8) is 0 Å². The number of nitro groups is 1. The Bertz CT molecular complexity index is 594.